The molecule has 2 unspecified atom stereocenters. The highest BCUT2D eigenvalue weighted by Crippen LogP contribution is 2.21. The second-order valence-corrected chi connectivity index (χ2v) is 5.75. The number of benzene rings is 1. The molecule has 1 aromatic heterocycles. The number of halogens is 1. The van der Waals surface area contributed by atoms with Crippen LogP contribution in [0.25, 0.3) is 0 Å². The molecule has 3 nitrogen and oxygen atoms in total. The first-order chi connectivity index (χ1) is 9.06. The van der Waals surface area contributed by atoms with Crippen LogP contribution in [0.5, 0.6) is 0 Å². The van der Waals surface area contributed by atoms with E-state index in [1.807, 2.05) is 20.0 Å². The van der Waals surface area contributed by atoms with Crippen molar-refractivity contribution >= 4 is 11.3 Å². The van der Waals surface area contributed by atoms with Crippen molar-refractivity contribution in [2.75, 3.05) is 6.54 Å². The van der Waals surface area contributed by atoms with Crippen molar-refractivity contribution in [3.8, 4) is 0 Å². The first-order valence-electron chi connectivity index (χ1n) is 6.15. The van der Waals surface area contributed by atoms with Gasteiger partial charge < -0.3 is 10.4 Å². The number of hydrogen-bond acceptors (Lipinski definition) is 4. The number of thiazole rings is 1. The number of rotatable bonds is 5. The summed E-state index contributed by atoms with van der Waals surface area (Å²) in [5.41, 5.74) is 0.710. The lowest BCUT2D eigenvalue weighted by Crippen LogP contribution is -2.24. The maximum Gasteiger partial charge on any atom is 0.123 e. The third-order valence-electron chi connectivity index (χ3n) is 2.94. The monoisotopic (exact) mass is 280 g/mol. The van der Waals surface area contributed by atoms with Crippen LogP contribution in [0.4, 0.5) is 4.39 Å². The summed E-state index contributed by atoms with van der Waals surface area (Å²) in [6.07, 6.45) is 1.21. The topological polar surface area (TPSA) is 45.2 Å². The van der Waals surface area contributed by atoms with Crippen LogP contribution in [0, 0.1) is 12.7 Å². The second kappa shape index (κ2) is 6.23. The van der Waals surface area contributed by atoms with Gasteiger partial charge in [-0.2, -0.15) is 0 Å². The Hall–Kier alpha value is -1.30. The molecular formula is C14H17FN2OS. The maximum absolute atomic E-state index is 12.8. The smallest absolute Gasteiger partial charge is 0.123 e. The van der Waals surface area contributed by atoms with Crippen LogP contribution >= 0.6 is 11.3 Å². The van der Waals surface area contributed by atoms with Gasteiger partial charge in [-0.15, -0.1) is 11.3 Å². The predicted octanol–water partition coefficient (Wildman–Crippen LogP) is 2.97. The number of hydrogen-bond donors (Lipinski definition) is 2. The van der Waals surface area contributed by atoms with E-state index in [0.717, 1.165) is 9.88 Å². The molecule has 0 aliphatic rings. The minimum atomic E-state index is -0.642. The van der Waals surface area contributed by atoms with Crippen molar-refractivity contribution < 1.29 is 9.50 Å². The number of aryl methyl sites for hydroxylation is 1. The first-order valence-corrected chi connectivity index (χ1v) is 6.97. The average Bonchev–Trinajstić information content (AvgIpc) is 2.83. The van der Waals surface area contributed by atoms with Crippen LogP contribution in [-0.2, 0) is 0 Å². The summed E-state index contributed by atoms with van der Waals surface area (Å²) in [7, 11) is 0. The minimum Gasteiger partial charge on any atom is -0.387 e. The van der Waals surface area contributed by atoms with E-state index in [2.05, 4.69) is 10.3 Å². The van der Waals surface area contributed by atoms with E-state index >= 15 is 0 Å². The van der Waals surface area contributed by atoms with Gasteiger partial charge in [0.05, 0.1) is 11.1 Å². The lowest BCUT2D eigenvalue weighted by atomic mass is 10.1. The summed E-state index contributed by atoms with van der Waals surface area (Å²) in [5.74, 6) is -0.294. The van der Waals surface area contributed by atoms with E-state index in [9.17, 15) is 9.50 Å². The molecule has 0 radical (unpaired) electrons. The van der Waals surface area contributed by atoms with Crippen LogP contribution in [0.15, 0.2) is 30.5 Å². The van der Waals surface area contributed by atoms with E-state index in [-0.39, 0.29) is 11.9 Å². The first kappa shape index (κ1) is 14.1. The van der Waals surface area contributed by atoms with Gasteiger partial charge in [-0.3, -0.25) is 0 Å². The molecule has 2 N–H and O–H groups in total. The number of aliphatic hydroxyl groups excluding tert-OH is 1. The van der Waals surface area contributed by atoms with Gasteiger partial charge in [0.2, 0.25) is 0 Å². The largest absolute Gasteiger partial charge is 0.387 e. The fourth-order valence-electron chi connectivity index (χ4n) is 1.77. The van der Waals surface area contributed by atoms with Crippen molar-refractivity contribution in [1.82, 2.24) is 10.3 Å². The van der Waals surface area contributed by atoms with E-state index in [4.69, 9.17) is 0 Å². The van der Waals surface area contributed by atoms with Gasteiger partial charge >= 0.3 is 0 Å². The van der Waals surface area contributed by atoms with Gasteiger partial charge in [0.1, 0.15) is 5.82 Å². The quantitative estimate of drug-likeness (QED) is 0.885. The Balaban J connectivity index is 1.89. The Kier molecular flexibility index (Phi) is 4.63. The molecule has 2 rings (SSSR count). The van der Waals surface area contributed by atoms with Crippen molar-refractivity contribution in [3.63, 3.8) is 0 Å². The Morgan fingerprint density at radius 2 is 2.05 bits per heavy atom. The van der Waals surface area contributed by atoms with E-state index in [0.29, 0.717) is 12.1 Å². The molecule has 1 aromatic carbocycles. The van der Waals surface area contributed by atoms with Crippen molar-refractivity contribution in [2.24, 2.45) is 0 Å². The zero-order valence-corrected chi connectivity index (χ0v) is 11.7. The fraction of sp³-hybridized carbons (Fsp3) is 0.357. The Labute approximate surface area is 116 Å². The van der Waals surface area contributed by atoms with Crippen LogP contribution in [-0.4, -0.2) is 16.6 Å². The van der Waals surface area contributed by atoms with Gasteiger partial charge in [0.15, 0.2) is 0 Å². The Morgan fingerprint density at radius 1 is 1.37 bits per heavy atom. The third kappa shape index (κ3) is 3.83. The lowest BCUT2D eigenvalue weighted by molar-refractivity contribution is 0.171. The SMILES string of the molecule is Cc1ncc(C(C)NCC(O)c2ccc(F)cc2)s1. The predicted molar refractivity (Wildman–Crippen MR) is 74.6 cm³/mol. The minimum absolute atomic E-state index is 0.140. The van der Waals surface area contributed by atoms with E-state index < -0.39 is 6.10 Å². The number of nitrogens with zero attached hydrogens (tertiary/aromatic N) is 1. The maximum atomic E-state index is 12.8. The molecule has 0 aliphatic carbocycles. The zero-order chi connectivity index (χ0) is 13.8. The molecule has 5 heteroatoms. The van der Waals surface area contributed by atoms with Gasteiger partial charge in [0, 0.05) is 23.7 Å². The number of aliphatic hydroxyl groups is 1. The van der Waals surface area contributed by atoms with Crippen molar-refractivity contribution in [1.29, 1.82) is 0 Å². The molecule has 0 saturated heterocycles. The molecule has 0 amide bonds. The summed E-state index contributed by atoms with van der Waals surface area (Å²) in [5, 5.41) is 14.3. The third-order valence-corrected chi connectivity index (χ3v) is 4.03. The molecule has 0 fully saturated rings. The number of nitrogens with one attached hydrogen (secondary N) is 1. The summed E-state index contributed by atoms with van der Waals surface area (Å²) in [4.78, 5) is 5.35. The molecule has 2 atom stereocenters. The molecule has 0 aliphatic heterocycles. The highest BCUT2D eigenvalue weighted by atomic mass is 32.1. The average molecular weight is 280 g/mol. The van der Waals surface area contributed by atoms with Crippen LogP contribution in [0.2, 0.25) is 0 Å². The van der Waals surface area contributed by atoms with E-state index in [1.54, 1.807) is 23.5 Å². The summed E-state index contributed by atoms with van der Waals surface area (Å²) in [6.45, 7) is 4.42. The van der Waals surface area contributed by atoms with Crippen LogP contribution < -0.4 is 5.32 Å². The highest BCUT2D eigenvalue weighted by molar-refractivity contribution is 7.11. The molecular weight excluding hydrogens is 263 g/mol. The second-order valence-electron chi connectivity index (χ2n) is 4.48. The standard InChI is InChI=1S/C14H17FN2OS/c1-9(14-8-17-10(2)19-14)16-7-13(18)11-3-5-12(15)6-4-11/h3-6,8-9,13,16,18H,7H2,1-2H3. The van der Waals surface area contributed by atoms with E-state index in [1.165, 1.54) is 12.1 Å². The zero-order valence-electron chi connectivity index (χ0n) is 10.9. The van der Waals surface area contributed by atoms with Gasteiger partial charge in [-0.1, -0.05) is 12.1 Å². The van der Waals surface area contributed by atoms with Crippen LogP contribution in [0.3, 0.4) is 0 Å². The summed E-state index contributed by atoms with van der Waals surface area (Å²) in [6, 6.07) is 6.05. The Morgan fingerprint density at radius 3 is 2.63 bits per heavy atom. The fourth-order valence-corrected chi connectivity index (χ4v) is 2.58. The lowest BCUT2D eigenvalue weighted by Gasteiger charge is -2.16. The molecule has 0 bridgehead atoms. The number of aromatic nitrogens is 1. The summed E-state index contributed by atoms with van der Waals surface area (Å²) < 4.78 is 12.8. The highest BCUT2D eigenvalue weighted by Gasteiger charge is 2.12. The molecule has 0 saturated carbocycles. The van der Waals surface area contributed by atoms with Crippen molar-refractivity contribution in [3.05, 3.63) is 51.7 Å². The van der Waals surface area contributed by atoms with Gasteiger partial charge in [-0.05, 0) is 31.5 Å². The molecule has 19 heavy (non-hydrogen) atoms. The van der Waals surface area contributed by atoms with Gasteiger partial charge in [-0.25, -0.2) is 9.37 Å². The Bertz CT molecular complexity index is 526. The molecule has 102 valence electrons. The van der Waals surface area contributed by atoms with Gasteiger partial charge in [0.25, 0.3) is 0 Å². The summed E-state index contributed by atoms with van der Waals surface area (Å²) >= 11 is 1.64. The molecule has 0 spiro atoms. The van der Waals surface area contributed by atoms with Crippen LogP contribution in [0.1, 0.15) is 34.5 Å². The van der Waals surface area contributed by atoms with Crippen molar-refractivity contribution in [2.45, 2.75) is 26.0 Å². The molecule has 1 heterocycles. The normalized spacial score (nSPS) is 14.3. The molecule has 2 aromatic rings.